The fourth-order valence-electron chi connectivity index (χ4n) is 1.26. The van der Waals surface area contributed by atoms with Gasteiger partial charge in [0.15, 0.2) is 0 Å². The molecule has 0 spiro atoms. The number of benzene rings is 1. The zero-order valence-corrected chi connectivity index (χ0v) is 8.95. The van der Waals surface area contributed by atoms with Crippen molar-refractivity contribution in [2.75, 3.05) is 6.61 Å². The molecular weight excluding hydrogens is 281 g/mol. The molecular formula is C9H8INO2. The first kappa shape index (κ1) is 8.80. The van der Waals surface area contributed by atoms with Gasteiger partial charge in [-0.05, 0) is 40.3 Å². The summed E-state index contributed by atoms with van der Waals surface area (Å²) in [6.45, 7) is 0.430. The van der Waals surface area contributed by atoms with Gasteiger partial charge in [-0.15, -0.1) is 0 Å². The molecule has 13 heavy (non-hydrogen) atoms. The lowest BCUT2D eigenvalue weighted by molar-refractivity contribution is 0.177. The van der Waals surface area contributed by atoms with Gasteiger partial charge in [-0.2, -0.15) is 0 Å². The number of ether oxygens (including phenoxy) is 1. The highest BCUT2D eigenvalue weighted by Gasteiger charge is 2.23. The molecule has 0 bridgehead atoms. The van der Waals surface area contributed by atoms with E-state index >= 15 is 0 Å². The number of hydrogen-bond acceptors (Lipinski definition) is 2. The molecule has 3 nitrogen and oxygen atoms in total. The second-order valence-electron chi connectivity index (χ2n) is 2.85. The normalized spacial score (nSPS) is 21.0. The molecule has 4 heteroatoms. The average molecular weight is 289 g/mol. The highest BCUT2D eigenvalue weighted by atomic mass is 127. The van der Waals surface area contributed by atoms with E-state index in [1.54, 1.807) is 0 Å². The second-order valence-corrected chi connectivity index (χ2v) is 4.09. The molecule has 1 aliphatic heterocycles. The molecule has 1 aromatic carbocycles. The molecule has 1 amide bonds. The number of amides is 1. The molecule has 1 aliphatic rings. The van der Waals surface area contributed by atoms with Crippen molar-refractivity contribution in [1.82, 2.24) is 5.32 Å². The van der Waals surface area contributed by atoms with Crippen LogP contribution in [0.5, 0.6) is 0 Å². The van der Waals surface area contributed by atoms with Crippen LogP contribution in [0.4, 0.5) is 4.79 Å². The molecule has 1 heterocycles. The topological polar surface area (TPSA) is 38.3 Å². The Hall–Kier alpha value is -0.780. The highest BCUT2D eigenvalue weighted by Crippen LogP contribution is 2.18. The van der Waals surface area contributed by atoms with E-state index in [4.69, 9.17) is 4.74 Å². The number of cyclic esters (lactones) is 1. The SMILES string of the molecule is O=C1N[C@@H](c2ccc(I)cc2)CO1. The van der Waals surface area contributed by atoms with Gasteiger partial charge in [0, 0.05) is 3.57 Å². The monoisotopic (exact) mass is 289 g/mol. The van der Waals surface area contributed by atoms with Crippen molar-refractivity contribution in [1.29, 1.82) is 0 Å². The van der Waals surface area contributed by atoms with Crippen molar-refractivity contribution < 1.29 is 9.53 Å². The second kappa shape index (κ2) is 3.53. The Morgan fingerprint density at radius 2 is 2.08 bits per heavy atom. The quantitative estimate of drug-likeness (QED) is 0.804. The number of hydrogen-bond donors (Lipinski definition) is 1. The summed E-state index contributed by atoms with van der Waals surface area (Å²) in [6, 6.07) is 8.05. The summed E-state index contributed by atoms with van der Waals surface area (Å²) < 4.78 is 5.98. The number of rotatable bonds is 1. The van der Waals surface area contributed by atoms with E-state index < -0.39 is 0 Å². The molecule has 1 N–H and O–H groups in total. The summed E-state index contributed by atoms with van der Waals surface area (Å²) in [4.78, 5) is 10.8. The average Bonchev–Trinajstić information content (AvgIpc) is 2.53. The van der Waals surface area contributed by atoms with Crippen LogP contribution in [-0.2, 0) is 4.74 Å². The molecule has 1 saturated heterocycles. The molecule has 0 radical (unpaired) electrons. The molecule has 68 valence electrons. The molecule has 1 aromatic rings. The molecule has 2 rings (SSSR count). The maximum absolute atomic E-state index is 10.8. The molecule has 0 saturated carbocycles. The maximum Gasteiger partial charge on any atom is 0.407 e. The summed E-state index contributed by atoms with van der Waals surface area (Å²) in [6.07, 6.45) is -0.330. The summed E-state index contributed by atoms with van der Waals surface area (Å²) in [7, 11) is 0. The number of halogens is 1. The summed E-state index contributed by atoms with van der Waals surface area (Å²) in [5, 5.41) is 2.73. The van der Waals surface area contributed by atoms with Crippen LogP contribution >= 0.6 is 22.6 Å². The van der Waals surface area contributed by atoms with Crippen LogP contribution in [0.3, 0.4) is 0 Å². The van der Waals surface area contributed by atoms with Crippen LogP contribution in [-0.4, -0.2) is 12.7 Å². The van der Waals surface area contributed by atoms with Crippen LogP contribution < -0.4 is 5.32 Å². The fraction of sp³-hybridized carbons (Fsp3) is 0.222. The zero-order valence-electron chi connectivity index (χ0n) is 6.79. The Kier molecular flexibility index (Phi) is 2.39. The van der Waals surface area contributed by atoms with Gasteiger partial charge in [0.2, 0.25) is 0 Å². The first-order valence-electron chi connectivity index (χ1n) is 3.94. The minimum Gasteiger partial charge on any atom is -0.447 e. The molecule has 1 atom stereocenters. The van der Waals surface area contributed by atoms with E-state index in [0.717, 1.165) is 5.56 Å². The fourth-order valence-corrected chi connectivity index (χ4v) is 1.62. The van der Waals surface area contributed by atoms with Crippen molar-refractivity contribution in [3.63, 3.8) is 0 Å². The third-order valence-electron chi connectivity index (χ3n) is 1.95. The van der Waals surface area contributed by atoms with Crippen LogP contribution in [0.1, 0.15) is 11.6 Å². The van der Waals surface area contributed by atoms with Crippen molar-refractivity contribution in [3.05, 3.63) is 33.4 Å². The number of carbonyl (C=O) groups is 1. The van der Waals surface area contributed by atoms with Gasteiger partial charge in [0.25, 0.3) is 0 Å². The molecule has 0 aliphatic carbocycles. The minimum absolute atomic E-state index is 0.0181. The Balaban J connectivity index is 2.17. The predicted octanol–water partition coefficient (Wildman–Crippen LogP) is 2.07. The molecule has 0 aromatic heterocycles. The minimum atomic E-state index is -0.330. The number of carbonyl (C=O) groups excluding carboxylic acids is 1. The Bertz CT molecular complexity index is 323. The van der Waals surface area contributed by atoms with Gasteiger partial charge in [0.05, 0.1) is 6.04 Å². The number of nitrogens with one attached hydrogen (secondary N) is 1. The van der Waals surface area contributed by atoms with Gasteiger partial charge < -0.3 is 10.1 Å². The van der Waals surface area contributed by atoms with E-state index in [0.29, 0.717) is 6.61 Å². The van der Waals surface area contributed by atoms with Crippen molar-refractivity contribution in [2.45, 2.75) is 6.04 Å². The lowest BCUT2D eigenvalue weighted by Gasteiger charge is -2.06. The first-order chi connectivity index (χ1) is 6.25. The maximum atomic E-state index is 10.8. The summed E-state index contributed by atoms with van der Waals surface area (Å²) in [5.74, 6) is 0. The largest absolute Gasteiger partial charge is 0.447 e. The number of alkyl carbamates (subject to hydrolysis) is 1. The van der Waals surface area contributed by atoms with Crippen LogP contribution in [0.15, 0.2) is 24.3 Å². The molecule has 1 fully saturated rings. The van der Waals surface area contributed by atoms with Crippen molar-refractivity contribution in [2.24, 2.45) is 0 Å². The van der Waals surface area contributed by atoms with Gasteiger partial charge in [-0.1, -0.05) is 12.1 Å². The standard InChI is InChI=1S/C9H8INO2/c10-7-3-1-6(2-4-7)8-5-13-9(12)11-8/h1-4,8H,5H2,(H,11,12)/t8-/m1/s1. The van der Waals surface area contributed by atoms with Crippen molar-refractivity contribution >= 4 is 28.7 Å². The molecule has 0 unspecified atom stereocenters. The lowest BCUT2D eigenvalue weighted by Crippen LogP contribution is -2.18. The van der Waals surface area contributed by atoms with Gasteiger partial charge >= 0.3 is 6.09 Å². The van der Waals surface area contributed by atoms with E-state index in [1.807, 2.05) is 24.3 Å². The van der Waals surface area contributed by atoms with Crippen LogP contribution in [0, 0.1) is 3.57 Å². The van der Waals surface area contributed by atoms with Gasteiger partial charge in [0.1, 0.15) is 6.61 Å². The Morgan fingerprint density at radius 3 is 2.62 bits per heavy atom. The van der Waals surface area contributed by atoms with E-state index in [2.05, 4.69) is 27.9 Å². The Morgan fingerprint density at radius 1 is 1.38 bits per heavy atom. The first-order valence-corrected chi connectivity index (χ1v) is 5.02. The van der Waals surface area contributed by atoms with Crippen molar-refractivity contribution in [3.8, 4) is 0 Å². The van der Waals surface area contributed by atoms with Crippen LogP contribution in [0.25, 0.3) is 0 Å². The lowest BCUT2D eigenvalue weighted by atomic mass is 10.1. The highest BCUT2D eigenvalue weighted by molar-refractivity contribution is 14.1. The summed E-state index contributed by atoms with van der Waals surface area (Å²) >= 11 is 2.25. The third-order valence-corrected chi connectivity index (χ3v) is 2.66. The zero-order chi connectivity index (χ0) is 9.26. The Labute approximate surface area is 89.6 Å². The predicted molar refractivity (Wildman–Crippen MR) is 56.4 cm³/mol. The van der Waals surface area contributed by atoms with Gasteiger partial charge in [-0.3, -0.25) is 0 Å². The summed E-state index contributed by atoms with van der Waals surface area (Å²) in [5.41, 5.74) is 1.09. The van der Waals surface area contributed by atoms with E-state index in [1.165, 1.54) is 3.57 Å². The smallest absolute Gasteiger partial charge is 0.407 e. The third kappa shape index (κ3) is 1.93. The van der Waals surface area contributed by atoms with Gasteiger partial charge in [-0.25, -0.2) is 4.79 Å². The van der Waals surface area contributed by atoms with E-state index in [9.17, 15) is 4.79 Å². The van der Waals surface area contributed by atoms with Crippen LogP contribution in [0.2, 0.25) is 0 Å². The van der Waals surface area contributed by atoms with E-state index in [-0.39, 0.29) is 12.1 Å².